The van der Waals surface area contributed by atoms with Gasteiger partial charge in [-0.25, -0.2) is 0 Å². The Morgan fingerprint density at radius 1 is 1.58 bits per heavy atom. The molecule has 0 aliphatic heterocycles. The van der Waals surface area contributed by atoms with Gasteiger partial charge in [-0.1, -0.05) is 0 Å². The van der Waals surface area contributed by atoms with Crippen LogP contribution in [0.25, 0.3) is 0 Å². The normalized spacial score (nSPS) is 12.8. The molecule has 1 aromatic heterocycles. The van der Waals surface area contributed by atoms with Gasteiger partial charge in [0.15, 0.2) is 0 Å². The molecule has 66 valence electrons. The summed E-state index contributed by atoms with van der Waals surface area (Å²) < 4.78 is 0. The highest BCUT2D eigenvalue weighted by Gasteiger charge is 2.07. The van der Waals surface area contributed by atoms with E-state index in [1.165, 1.54) is 0 Å². The number of pyridine rings is 1. The minimum Gasteiger partial charge on any atom is -0.397 e. The molecule has 1 aromatic rings. The van der Waals surface area contributed by atoms with Crippen molar-refractivity contribution in [1.29, 1.82) is 0 Å². The molecule has 12 heavy (non-hydrogen) atoms. The third-order valence-electron chi connectivity index (χ3n) is 1.73. The van der Waals surface area contributed by atoms with Crippen LogP contribution in [0.2, 0.25) is 0 Å². The van der Waals surface area contributed by atoms with E-state index < -0.39 is 0 Å². The zero-order chi connectivity index (χ0) is 8.97. The molecular weight excluding hydrogens is 154 g/mol. The van der Waals surface area contributed by atoms with E-state index in [2.05, 4.69) is 4.98 Å². The first-order valence-corrected chi connectivity index (χ1v) is 3.81. The summed E-state index contributed by atoms with van der Waals surface area (Å²) in [5.41, 5.74) is 12.8. The third kappa shape index (κ3) is 1.93. The van der Waals surface area contributed by atoms with Crippen LogP contribution >= 0.6 is 0 Å². The highest BCUT2D eigenvalue weighted by molar-refractivity contribution is 5.45. The van der Waals surface area contributed by atoms with Gasteiger partial charge in [0.2, 0.25) is 0 Å². The molecule has 5 N–H and O–H groups in total. The molecule has 0 aromatic carbocycles. The maximum atomic E-state index is 8.65. The third-order valence-corrected chi connectivity index (χ3v) is 1.73. The highest BCUT2D eigenvalue weighted by atomic mass is 16.3. The van der Waals surface area contributed by atoms with Crippen LogP contribution in [0.1, 0.15) is 18.0 Å². The fourth-order valence-electron chi connectivity index (χ4n) is 1.05. The number of nitrogens with zero attached hydrogens (tertiary/aromatic N) is 1. The van der Waals surface area contributed by atoms with E-state index in [0.717, 1.165) is 5.56 Å². The summed E-state index contributed by atoms with van der Waals surface area (Å²) in [5, 5.41) is 8.65. The van der Waals surface area contributed by atoms with E-state index in [4.69, 9.17) is 16.6 Å². The Morgan fingerprint density at radius 2 is 2.33 bits per heavy atom. The SMILES string of the molecule is Nc1cnccc1[C@H](N)CCO. The van der Waals surface area contributed by atoms with Crippen molar-refractivity contribution < 1.29 is 5.11 Å². The molecule has 1 heterocycles. The molecule has 0 aliphatic rings. The van der Waals surface area contributed by atoms with Gasteiger partial charge in [-0.05, 0) is 18.1 Å². The standard InChI is InChI=1S/C8H13N3O/c9-7(2-4-12)6-1-3-11-5-8(6)10/h1,3,5,7,12H,2,4,9-10H2/t7-/m1/s1. The number of aliphatic hydroxyl groups excluding tert-OH is 1. The Labute approximate surface area is 71.2 Å². The molecule has 1 rings (SSSR count). The number of nitrogen functional groups attached to an aromatic ring is 1. The summed E-state index contributed by atoms with van der Waals surface area (Å²) >= 11 is 0. The Bertz CT molecular complexity index is 252. The lowest BCUT2D eigenvalue weighted by Crippen LogP contribution is -2.13. The predicted molar refractivity (Wildman–Crippen MR) is 47.3 cm³/mol. The molecule has 0 bridgehead atoms. The molecule has 0 saturated heterocycles. The van der Waals surface area contributed by atoms with Crippen molar-refractivity contribution >= 4 is 5.69 Å². The molecular formula is C8H13N3O. The second-order valence-electron chi connectivity index (χ2n) is 2.62. The Balaban J connectivity index is 2.79. The smallest absolute Gasteiger partial charge is 0.0549 e. The number of aromatic nitrogens is 1. The number of hydrogen-bond donors (Lipinski definition) is 3. The van der Waals surface area contributed by atoms with E-state index in [0.29, 0.717) is 12.1 Å². The average molecular weight is 167 g/mol. The van der Waals surface area contributed by atoms with Gasteiger partial charge in [-0.2, -0.15) is 0 Å². The zero-order valence-corrected chi connectivity index (χ0v) is 6.77. The van der Waals surface area contributed by atoms with Gasteiger partial charge in [0.05, 0.1) is 11.9 Å². The second kappa shape index (κ2) is 4.04. The maximum absolute atomic E-state index is 8.65. The molecule has 1 atom stereocenters. The summed E-state index contributed by atoms with van der Waals surface area (Å²) in [4.78, 5) is 3.84. The fraction of sp³-hybridized carbons (Fsp3) is 0.375. The molecule has 0 radical (unpaired) electrons. The van der Waals surface area contributed by atoms with E-state index in [1.54, 1.807) is 18.5 Å². The lowest BCUT2D eigenvalue weighted by molar-refractivity contribution is 0.276. The first-order valence-electron chi connectivity index (χ1n) is 3.81. The summed E-state index contributed by atoms with van der Waals surface area (Å²) in [5.74, 6) is 0. The quantitative estimate of drug-likeness (QED) is 0.593. The first-order chi connectivity index (χ1) is 5.75. The Kier molecular flexibility index (Phi) is 3.01. The molecule has 0 aliphatic carbocycles. The average Bonchev–Trinajstić information content (AvgIpc) is 2.05. The number of rotatable bonds is 3. The van der Waals surface area contributed by atoms with E-state index in [-0.39, 0.29) is 12.6 Å². The summed E-state index contributed by atoms with van der Waals surface area (Å²) in [7, 11) is 0. The molecule has 0 amide bonds. The zero-order valence-electron chi connectivity index (χ0n) is 6.77. The topological polar surface area (TPSA) is 85.2 Å². The van der Waals surface area contributed by atoms with Crippen molar-refractivity contribution in [3.63, 3.8) is 0 Å². The highest BCUT2D eigenvalue weighted by Crippen LogP contribution is 2.18. The van der Waals surface area contributed by atoms with E-state index in [1.807, 2.05) is 0 Å². The van der Waals surface area contributed by atoms with Crippen LogP contribution in [0.5, 0.6) is 0 Å². The van der Waals surface area contributed by atoms with Gasteiger partial charge < -0.3 is 16.6 Å². The number of aliphatic hydroxyl groups is 1. The fourth-order valence-corrected chi connectivity index (χ4v) is 1.05. The predicted octanol–water partition coefficient (Wildman–Crippen LogP) is 0.0460. The Hall–Kier alpha value is -1.13. The van der Waals surface area contributed by atoms with Gasteiger partial charge in [-0.15, -0.1) is 0 Å². The van der Waals surface area contributed by atoms with Crippen LogP contribution in [0.15, 0.2) is 18.5 Å². The maximum Gasteiger partial charge on any atom is 0.0549 e. The van der Waals surface area contributed by atoms with Crippen molar-refractivity contribution in [2.45, 2.75) is 12.5 Å². The van der Waals surface area contributed by atoms with Gasteiger partial charge in [-0.3, -0.25) is 4.98 Å². The van der Waals surface area contributed by atoms with E-state index >= 15 is 0 Å². The van der Waals surface area contributed by atoms with Gasteiger partial charge >= 0.3 is 0 Å². The first kappa shape index (κ1) is 8.96. The molecule has 0 spiro atoms. The largest absolute Gasteiger partial charge is 0.397 e. The number of anilines is 1. The molecule has 4 nitrogen and oxygen atoms in total. The van der Waals surface area contributed by atoms with Crippen LogP contribution in [-0.4, -0.2) is 16.7 Å². The number of hydrogen-bond acceptors (Lipinski definition) is 4. The molecule has 0 unspecified atom stereocenters. The van der Waals surface area contributed by atoms with Crippen molar-refractivity contribution in [2.24, 2.45) is 5.73 Å². The van der Waals surface area contributed by atoms with Gasteiger partial charge in [0.1, 0.15) is 0 Å². The van der Waals surface area contributed by atoms with Crippen LogP contribution in [0, 0.1) is 0 Å². The lowest BCUT2D eigenvalue weighted by atomic mass is 10.1. The van der Waals surface area contributed by atoms with Crippen molar-refractivity contribution in [3.8, 4) is 0 Å². The molecule has 0 fully saturated rings. The van der Waals surface area contributed by atoms with Gasteiger partial charge in [0, 0.05) is 18.8 Å². The minimum absolute atomic E-state index is 0.0724. The second-order valence-corrected chi connectivity index (χ2v) is 2.62. The monoisotopic (exact) mass is 167 g/mol. The summed E-state index contributed by atoms with van der Waals surface area (Å²) in [6.07, 6.45) is 3.73. The van der Waals surface area contributed by atoms with Crippen LogP contribution in [-0.2, 0) is 0 Å². The summed E-state index contributed by atoms with van der Waals surface area (Å²) in [6.45, 7) is 0.0724. The van der Waals surface area contributed by atoms with Gasteiger partial charge in [0.25, 0.3) is 0 Å². The lowest BCUT2D eigenvalue weighted by Gasteiger charge is -2.11. The molecule has 0 saturated carbocycles. The van der Waals surface area contributed by atoms with Crippen LogP contribution in [0.4, 0.5) is 5.69 Å². The van der Waals surface area contributed by atoms with Crippen LogP contribution in [0.3, 0.4) is 0 Å². The summed E-state index contributed by atoms with van der Waals surface area (Å²) in [6, 6.07) is 1.58. The van der Waals surface area contributed by atoms with E-state index in [9.17, 15) is 0 Å². The minimum atomic E-state index is -0.196. The van der Waals surface area contributed by atoms with Crippen LogP contribution < -0.4 is 11.5 Å². The molecule has 4 heteroatoms. The van der Waals surface area contributed by atoms with Crippen molar-refractivity contribution in [3.05, 3.63) is 24.0 Å². The number of nitrogens with two attached hydrogens (primary N) is 2. The Morgan fingerprint density at radius 3 is 2.92 bits per heavy atom. The van der Waals surface area contributed by atoms with Crippen molar-refractivity contribution in [2.75, 3.05) is 12.3 Å². The van der Waals surface area contributed by atoms with Crippen molar-refractivity contribution in [1.82, 2.24) is 4.98 Å².